The Bertz CT molecular complexity index is 891. The Balaban J connectivity index is 1.53. The molecule has 0 aromatic heterocycles. The Morgan fingerprint density at radius 2 is 2.18 bits per heavy atom. The highest BCUT2D eigenvalue weighted by molar-refractivity contribution is 6.05. The van der Waals surface area contributed by atoms with Crippen LogP contribution >= 0.6 is 0 Å². The fourth-order valence-corrected chi connectivity index (χ4v) is 6.78. The molecular weight excluding hydrogens is 354 g/mol. The number of ketones is 2. The molecule has 0 amide bonds. The fourth-order valence-electron chi connectivity index (χ4n) is 6.78. The van der Waals surface area contributed by atoms with Crippen LogP contribution in [-0.2, 0) is 21.4 Å². The molecule has 3 aliphatic carbocycles. The molecule has 3 fully saturated rings. The number of carbonyl (C=O) groups excluding carboxylic acids is 2. The molecule has 28 heavy (non-hydrogen) atoms. The van der Waals surface area contributed by atoms with E-state index >= 15 is 0 Å². The Morgan fingerprint density at radius 3 is 2.89 bits per heavy atom. The van der Waals surface area contributed by atoms with E-state index in [1.165, 1.54) is 30.5 Å². The van der Waals surface area contributed by atoms with E-state index in [0.29, 0.717) is 24.1 Å². The molecule has 1 spiro atoms. The predicted molar refractivity (Wildman–Crippen MR) is 103 cm³/mol. The molecule has 5 unspecified atom stereocenters. The van der Waals surface area contributed by atoms with Crippen LogP contribution in [0.15, 0.2) is 12.1 Å². The number of piperidine rings is 1. The van der Waals surface area contributed by atoms with Gasteiger partial charge in [-0.05, 0) is 69.0 Å². The van der Waals surface area contributed by atoms with E-state index < -0.39 is 12.0 Å². The lowest BCUT2D eigenvalue weighted by atomic mass is 9.50. The van der Waals surface area contributed by atoms with Gasteiger partial charge in [0.15, 0.2) is 23.4 Å². The number of carbonyl (C=O) groups is 2. The van der Waals surface area contributed by atoms with Gasteiger partial charge in [-0.15, -0.1) is 0 Å². The largest absolute Gasteiger partial charge is 0.493 e. The maximum Gasteiger partial charge on any atom is 0.184 e. The van der Waals surface area contributed by atoms with E-state index in [0.717, 1.165) is 31.1 Å². The normalized spacial score (nSPS) is 38.0. The number of rotatable bonds is 4. The second-order valence-electron chi connectivity index (χ2n) is 9.54. The van der Waals surface area contributed by atoms with Gasteiger partial charge in [0.1, 0.15) is 5.78 Å². The third-order valence-electron chi connectivity index (χ3n) is 8.21. The first-order valence-corrected chi connectivity index (χ1v) is 10.7. The van der Waals surface area contributed by atoms with Crippen LogP contribution in [-0.4, -0.2) is 48.8 Å². The van der Waals surface area contributed by atoms with Crippen molar-refractivity contribution in [1.29, 1.82) is 0 Å². The molecule has 1 saturated heterocycles. The quantitative estimate of drug-likeness (QED) is 0.750. The number of likely N-dealkylation sites (tertiary alicyclic amines) is 1. The Labute approximate surface area is 165 Å². The van der Waals surface area contributed by atoms with Crippen LogP contribution in [0.3, 0.4) is 0 Å². The molecule has 2 saturated carbocycles. The minimum absolute atomic E-state index is 0.00996. The van der Waals surface area contributed by atoms with Crippen molar-refractivity contribution in [3.05, 3.63) is 23.3 Å². The minimum atomic E-state index is -0.531. The topological polar surface area (TPSA) is 55.8 Å². The Hall–Kier alpha value is -1.88. The summed E-state index contributed by atoms with van der Waals surface area (Å²) in [5, 5.41) is 0. The highest BCUT2D eigenvalue weighted by Crippen LogP contribution is 2.64. The second-order valence-corrected chi connectivity index (χ2v) is 9.54. The number of benzene rings is 1. The van der Waals surface area contributed by atoms with Gasteiger partial charge in [-0.3, -0.25) is 14.5 Å². The summed E-state index contributed by atoms with van der Waals surface area (Å²) < 4.78 is 12.0. The molecule has 2 heterocycles. The maximum atomic E-state index is 13.4. The van der Waals surface area contributed by atoms with Crippen LogP contribution in [0, 0.1) is 17.8 Å². The Morgan fingerprint density at radius 1 is 1.36 bits per heavy atom. The molecule has 5 nitrogen and oxygen atoms in total. The van der Waals surface area contributed by atoms with Crippen molar-refractivity contribution in [1.82, 2.24) is 4.90 Å². The third-order valence-corrected chi connectivity index (χ3v) is 8.21. The van der Waals surface area contributed by atoms with Crippen molar-refractivity contribution in [2.75, 3.05) is 20.2 Å². The van der Waals surface area contributed by atoms with E-state index in [-0.39, 0.29) is 17.0 Å². The average molecular weight is 381 g/mol. The van der Waals surface area contributed by atoms with Crippen molar-refractivity contribution in [3.63, 3.8) is 0 Å². The molecule has 6 rings (SSSR count). The molecule has 0 radical (unpaired) electrons. The van der Waals surface area contributed by atoms with E-state index in [1.54, 1.807) is 14.0 Å². The number of ether oxygens (including phenoxy) is 2. The van der Waals surface area contributed by atoms with E-state index in [1.807, 2.05) is 6.07 Å². The van der Waals surface area contributed by atoms with Gasteiger partial charge in [0, 0.05) is 23.6 Å². The van der Waals surface area contributed by atoms with Gasteiger partial charge in [-0.25, -0.2) is 0 Å². The number of Topliss-reactive ketones (excluding diaryl/α,β-unsaturated/α-hetero) is 2. The summed E-state index contributed by atoms with van der Waals surface area (Å²) in [4.78, 5) is 28.4. The minimum Gasteiger partial charge on any atom is -0.493 e. The molecule has 5 atom stereocenters. The first-order valence-electron chi connectivity index (χ1n) is 10.7. The summed E-state index contributed by atoms with van der Waals surface area (Å²) in [5.41, 5.74) is 2.26. The van der Waals surface area contributed by atoms with Gasteiger partial charge < -0.3 is 9.47 Å². The molecule has 1 aromatic rings. The van der Waals surface area contributed by atoms with E-state index in [4.69, 9.17) is 9.47 Å². The van der Waals surface area contributed by atoms with E-state index in [2.05, 4.69) is 11.0 Å². The van der Waals surface area contributed by atoms with Gasteiger partial charge in [-0.2, -0.15) is 0 Å². The zero-order chi connectivity index (χ0) is 19.2. The SMILES string of the molecule is COc1ccc2c3c1OC1C(=O)C(C(C)=O)CC4C(C2)N(CC2CC2)CCC314. The van der Waals surface area contributed by atoms with Gasteiger partial charge in [0.25, 0.3) is 0 Å². The lowest BCUT2D eigenvalue weighted by molar-refractivity contribution is -0.150. The van der Waals surface area contributed by atoms with Crippen LogP contribution in [0.5, 0.6) is 11.5 Å². The zero-order valence-electron chi connectivity index (χ0n) is 16.6. The highest BCUT2D eigenvalue weighted by atomic mass is 16.5. The maximum absolute atomic E-state index is 13.4. The third kappa shape index (κ3) is 2.01. The molecule has 1 aromatic carbocycles. The smallest absolute Gasteiger partial charge is 0.184 e. The summed E-state index contributed by atoms with van der Waals surface area (Å²) in [6.45, 7) is 3.75. The molecule has 5 aliphatic rings. The first-order chi connectivity index (χ1) is 13.5. The van der Waals surface area contributed by atoms with Crippen molar-refractivity contribution in [3.8, 4) is 11.5 Å². The van der Waals surface area contributed by atoms with E-state index in [9.17, 15) is 9.59 Å². The second kappa shape index (κ2) is 5.59. The summed E-state index contributed by atoms with van der Waals surface area (Å²) >= 11 is 0. The number of nitrogens with zero attached hydrogens (tertiary/aromatic N) is 1. The predicted octanol–water partition coefficient (Wildman–Crippen LogP) is 2.53. The summed E-state index contributed by atoms with van der Waals surface area (Å²) in [6.07, 6.45) is 4.76. The monoisotopic (exact) mass is 381 g/mol. The number of hydrogen-bond donors (Lipinski definition) is 0. The summed E-state index contributed by atoms with van der Waals surface area (Å²) in [5.74, 6) is 2.08. The van der Waals surface area contributed by atoms with Gasteiger partial charge in [-0.1, -0.05) is 6.07 Å². The average Bonchev–Trinajstić information content (AvgIpc) is 3.42. The first kappa shape index (κ1) is 17.0. The molecule has 5 heteroatoms. The van der Waals surface area contributed by atoms with Crippen LogP contribution in [0.2, 0.25) is 0 Å². The molecule has 2 bridgehead atoms. The number of hydrogen-bond acceptors (Lipinski definition) is 5. The fraction of sp³-hybridized carbons (Fsp3) is 0.652. The summed E-state index contributed by atoms with van der Waals surface area (Å²) in [6, 6.07) is 4.56. The molecular formula is C23H27NO4. The van der Waals surface area contributed by atoms with Gasteiger partial charge >= 0.3 is 0 Å². The highest BCUT2D eigenvalue weighted by Gasteiger charge is 2.68. The zero-order valence-corrected chi connectivity index (χ0v) is 16.6. The van der Waals surface area contributed by atoms with Crippen molar-refractivity contribution in [2.24, 2.45) is 17.8 Å². The molecule has 0 N–H and O–H groups in total. The summed E-state index contributed by atoms with van der Waals surface area (Å²) in [7, 11) is 1.66. The Kier molecular flexibility index (Phi) is 3.40. The van der Waals surface area contributed by atoms with Crippen LogP contribution in [0.1, 0.15) is 43.7 Å². The van der Waals surface area contributed by atoms with Gasteiger partial charge in [0.2, 0.25) is 0 Å². The van der Waals surface area contributed by atoms with Crippen LogP contribution in [0.25, 0.3) is 0 Å². The van der Waals surface area contributed by atoms with Crippen LogP contribution in [0.4, 0.5) is 0 Å². The van der Waals surface area contributed by atoms with Crippen molar-refractivity contribution < 1.29 is 19.1 Å². The van der Waals surface area contributed by atoms with Crippen molar-refractivity contribution >= 4 is 11.6 Å². The molecule has 2 aliphatic heterocycles. The lowest BCUT2D eigenvalue weighted by Gasteiger charge is -2.58. The molecule has 148 valence electrons. The van der Waals surface area contributed by atoms with Crippen LogP contribution < -0.4 is 9.47 Å². The lowest BCUT2D eigenvalue weighted by Crippen LogP contribution is -2.68. The number of methoxy groups -OCH3 is 1. The van der Waals surface area contributed by atoms with Gasteiger partial charge in [0.05, 0.1) is 13.0 Å². The van der Waals surface area contributed by atoms with Crippen molar-refractivity contribution in [2.45, 2.75) is 56.6 Å². The standard InChI is InChI=1S/C23H27NO4/c1-12(25)15-10-16-17-9-14-5-6-18(27-2)21-19(14)23(16,22(28-21)20(15)26)7-8-24(17)11-13-3-4-13/h5-6,13,15-17,22H,3-4,7-11H2,1-2H3.